The van der Waals surface area contributed by atoms with E-state index in [9.17, 15) is 24.8 Å². The topological polar surface area (TPSA) is 143 Å². The van der Waals surface area contributed by atoms with Gasteiger partial charge in [0.1, 0.15) is 5.75 Å². The average Bonchev–Trinajstić information content (AvgIpc) is 3.61. The predicted molar refractivity (Wildman–Crippen MR) is 224 cm³/mol. The number of hydrogen-bond donors (Lipinski definition) is 1. The number of hydrogen-bond acceptors (Lipinski definition) is 8. The third kappa shape index (κ3) is 6.37. The SMILES string of the molecule is C[C@H]1[C@H]([Si](C)(C)F)[C@@H](CC(=O)N2Cc3ccccc3C[C@H]2CO)O[C@]12C(=O)N(Cc1cccc(N3C(=O)c4ccccc4Oc4ccccc43)c1)c1ccc([N+](=O)[O-])cc12. The van der Waals surface area contributed by atoms with E-state index < -0.39 is 48.4 Å². The molecule has 306 valence electrons. The number of carbonyl (C=O) groups excluding carboxylic acids is 3. The van der Waals surface area contributed by atoms with Crippen LogP contribution in [0.1, 0.15) is 46.0 Å². The van der Waals surface area contributed by atoms with Crippen LogP contribution in [0.3, 0.4) is 0 Å². The number of carbonyl (C=O) groups is 3. The smallest absolute Gasteiger partial charge is 0.269 e. The van der Waals surface area contributed by atoms with Crippen molar-refractivity contribution in [1.82, 2.24) is 4.90 Å². The molecule has 5 aromatic carbocycles. The standard InChI is InChI=1S/C46H43FN4O8Si/c1-28-43(60(2,3)47)41(24-42(53)48-26-31-13-5-4-12-30(31)22-34(48)27-52)59-46(28)36-23-33(51(56)57)19-20-37(36)49(45(46)55)25-29-11-10-14-32(21-29)50-38-16-7-9-18-40(38)58-39-17-8-6-15-35(39)44(50)54/h4-21,23,28,34,41,43,52H,22,24-27H2,1-3H3/t28-,34-,41+,43-,46+/m0/s1. The highest BCUT2D eigenvalue weighted by molar-refractivity contribution is 6.72. The van der Waals surface area contributed by atoms with Crippen LogP contribution in [0.4, 0.5) is 26.9 Å². The lowest BCUT2D eigenvalue weighted by molar-refractivity contribution is -0.385. The Hall–Kier alpha value is -6.22. The molecule has 0 aromatic heterocycles. The Bertz CT molecular complexity index is 2580. The van der Waals surface area contributed by atoms with Crippen molar-refractivity contribution in [3.63, 3.8) is 0 Å². The normalized spacial score (nSPS) is 23.1. The number of nitro benzene ring substituents is 1. The van der Waals surface area contributed by atoms with E-state index >= 15 is 8.90 Å². The van der Waals surface area contributed by atoms with Crippen molar-refractivity contribution in [2.45, 2.75) is 69.2 Å². The molecule has 1 spiro atoms. The zero-order valence-corrected chi connectivity index (χ0v) is 34.3. The first kappa shape index (κ1) is 39.2. The number of non-ortho nitro benzene ring substituents is 1. The Balaban J connectivity index is 1.08. The second-order valence-electron chi connectivity index (χ2n) is 16.5. The summed E-state index contributed by atoms with van der Waals surface area (Å²) in [5.41, 5.74) is 1.74. The van der Waals surface area contributed by atoms with E-state index in [1.165, 1.54) is 36.2 Å². The van der Waals surface area contributed by atoms with Crippen LogP contribution in [0, 0.1) is 16.0 Å². The van der Waals surface area contributed by atoms with Crippen LogP contribution in [-0.2, 0) is 39.4 Å². The Kier molecular flexibility index (Phi) is 9.68. The van der Waals surface area contributed by atoms with Crippen molar-refractivity contribution in [3.8, 4) is 11.5 Å². The summed E-state index contributed by atoms with van der Waals surface area (Å²) >= 11 is 0. The highest BCUT2D eigenvalue weighted by Gasteiger charge is 2.67. The third-order valence-electron chi connectivity index (χ3n) is 12.6. The fraction of sp³-hybridized carbons (Fsp3) is 0.283. The maximum atomic E-state index is 16.7. The molecular formula is C46H43FN4O8Si. The Labute approximate surface area is 347 Å². The van der Waals surface area contributed by atoms with Crippen LogP contribution >= 0.6 is 0 Å². The second kappa shape index (κ2) is 14.8. The predicted octanol–water partition coefficient (Wildman–Crippen LogP) is 8.34. The maximum absolute atomic E-state index is 16.7. The highest BCUT2D eigenvalue weighted by Crippen LogP contribution is 2.61. The molecule has 60 heavy (non-hydrogen) atoms. The molecule has 12 nitrogen and oxygen atoms in total. The van der Waals surface area contributed by atoms with Gasteiger partial charge in [0.25, 0.3) is 17.5 Å². The number of ether oxygens (including phenoxy) is 2. The molecule has 0 radical (unpaired) electrons. The Morgan fingerprint density at radius 1 is 0.917 bits per heavy atom. The van der Waals surface area contributed by atoms with Gasteiger partial charge >= 0.3 is 0 Å². The summed E-state index contributed by atoms with van der Waals surface area (Å²) in [6, 6.07) is 32.9. The first-order chi connectivity index (χ1) is 28.8. The molecule has 1 fully saturated rings. The van der Waals surface area contributed by atoms with E-state index in [-0.39, 0.29) is 49.2 Å². The number of fused-ring (bicyclic) bond motifs is 5. The van der Waals surface area contributed by atoms with Gasteiger partial charge in [0.15, 0.2) is 11.4 Å². The van der Waals surface area contributed by atoms with E-state index in [1.54, 1.807) is 71.3 Å². The van der Waals surface area contributed by atoms with E-state index in [0.717, 1.165) is 11.1 Å². The molecule has 0 bridgehead atoms. The van der Waals surface area contributed by atoms with Gasteiger partial charge in [-0.3, -0.25) is 29.4 Å². The number of rotatable bonds is 8. The minimum Gasteiger partial charge on any atom is -0.454 e. The number of para-hydroxylation sites is 3. The molecule has 0 saturated carbocycles. The van der Waals surface area contributed by atoms with Crippen LogP contribution in [0.5, 0.6) is 11.5 Å². The lowest BCUT2D eigenvalue weighted by Crippen LogP contribution is -2.48. The molecule has 4 aliphatic heterocycles. The molecule has 1 saturated heterocycles. The fourth-order valence-corrected chi connectivity index (χ4v) is 12.4. The second-order valence-corrected chi connectivity index (χ2v) is 20.3. The van der Waals surface area contributed by atoms with Crippen molar-refractivity contribution in [1.29, 1.82) is 0 Å². The first-order valence-corrected chi connectivity index (χ1v) is 23.0. The summed E-state index contributed by atoms with van der Waals surface area (Å²) < 4.78 is 29.7. The van der Waals surface area contributed by atoms with Gasteiger partial charge in [-0.2, -0.15) is 0 Å². The van der Waals surface area contributed by atoms with Gasteiger partial charge in [-0.25, -0.2) is 0 Å². The fourth-order valence-electron chi connectivity index (χ4n) is 9.88. The third-order valence-corrected chi connectivity index (χ3v) is 15.0. The number of nitrogens with zero attached hydrogens (tertiary/aromatic N) is 4. The maximum Gasteiger partial charge on any atom is 0.269 e. The number of nitro groups is 1. The largest absolute Gasteiger partial charge is 0.454 e. The van der Waals surface area contributed by atoms with Gasteiger partial charge in [0.2, 0.25) is 14.3 Å². The lowest BCUT2D eigenvalue weighted by atomic mass is 9.82. The van der Waals surface area contributed by atoms with Gasteiger partial charge in [-0.15, -0.1) is 0 Å². The first-order valence-electron chi connectivity index (χ1n) is 20.0. The average molecular weight is 827 g/mol. The Morgan fingerprint density at radius 3 is 2.38 bits per heavy atom. The molecule has 0 aliphatic carbocycles. The zero-order chi connectivity index (χ0) is 42.1. The minimum absolute atomic E-state index is 0.0118. The summed E-state index contributed by atoms with van der Waals surface area (Å²) in [5, 5.41) is 22.5. The number of aliphatic hydroxyl groups excluding tert-OH is 1. The van der Waals surface area contributed by atoms with Crippen molar-refractivity contribution in [2.24, 2.45) is 5.92 Å². The summed E-state index contributed by atoms with van der Waals surface area (Å²) in [4.78, 5) is 60.0. The molecule has 9 rings (SSSR count). The highest BCUT2D eigenvalue weighted by atomic mass is 28.4. The van der Waals surface area contributed by atoms with Crippen molar-refractivity contribution >= 4 is 48.9 Å². The van der Waals surface area contributed by atoms with Gasteiger partial charge in [0, 0.05) is 41.4 Å². The lowest BCUT2D eigenvalue weighted by Gasteiger charge is -2.37. The molecular weight excluding hydrogens is 784 g/mol. The van der Waals surface area contributed by atoms with Gasteiger partial charge < -0.3 is 28.5 Å². The molecule has 5 aromatic rings. The number of halogens is 1. The molecule has 5 atom stereocenters. The van der Waals surface area contributed by atoms with Crippen molar-refractivity contribution in [3.05, 3.63) is 153 Å². The monoisotopic (exact) mass is 826 g/mol. The van der Waals surface area contributed by atoms with E-state index in [2.05, 4.69) is 0 Å². The molecule has 3 amide bonds. The molecule has 4 aliphatic rings. The number of amides is 3. The van der Waals surface area contributed by atoms with Crippen molar-refractivity contribution in [2.75, 3.05) is 16.4 Å². The van der Waals surface area contributed by atoms with Crippen LogP contribution in [0.15, 0.2) is 115 Å². The quantitative estimate of drug-likeness (QED) is 0.0713. The minimum atomic E-state index is -3.71. The summed E-state index contributed by atoms with van der Waals surface area (Å²) in [7, 11) is -3.71. The van der Waals surface area contributed by atoms with E-state index in [1.807, 2.05) is 42.5 Å². The summed E-state index contributed by atoms with van der Waals surface area (Å²) in [6.45, 7) is 4.80. The van der Waals surface area contributed by atoms with Crippen LogP contribution in [0.25, 0.3) is 0 Å². The molecule has 4 heterocycles. The van der Waals surface area contributed by atoms with Crippen molar-refractivity contribution < 1.29 is 38.0 Å². The number of aliphatic hydroxyl groups is 1. The van der Waals surface area contributed by atoms with Crippen LogP contribution in [0.2, 0.25) is 18.6 Å². The Morgan fingerprint density at radius 2 is 1.63 bits per heavy atom. The van der Waals surface area contributed by atoms with Gasteiger partial charge in [0.05, 0.1) is 53.6 Å². The van der Waals surface area contributed by atoms with Gasteiger partial charge in [-0.05, 0) is 78.7 Å². The van der Waals surface area contributed by atoms with E-state index in [4.69, 9.17) is 9.47 Å². The van der Waals surface area contributed by atoms with E-state index in [0.29, 0.717) is 46.1 Å². The summed E-state index contributed by atoms with van der Waals surface area (Å²) in [5.74, 6) is -1.07. The molecule has 0 unspecified atom stereocenters. The summed E-state index contributed by atoms with van der Waals surface area (Å²) in [6.07, 6.45) is -0.815. The number of benzene rings is 5. The molecule has 14 heteroatoms. The van der Waals surface area contributed by atoms with Gasteiger partial charge in [-0.1, -0.05) is 67.6 Å². The van der Waals surface area contributed by atoms with Crippen LogP contribution in [-0.4, -0.2) is 59.8 Å². The van der Waals surface area contributed by atoms with Crippen LogP contribution < -0.4 is 14.5 Å². The molecule has 1 N–H and O–H groups in total. The number of anilines is 3. The zero-order valence-electron chi connectivity index (χ0n) is 33.3.